The number of nitrogens with one attached hydrogen (secondary N) is 1. The van der Waals surface area contributed by atoms with E-state index in [9.17, 15) is 0 Å². The van der Waals surface area contributed by atoms with E-state index in [0.29, 0.717) is 12.4 Å². The normalized spacial score (nSPS) is 10.6. The van der Waals surface area contributed by atoms with Crippen molar-refractivity contribution in [1.82, 2.24) is 15.5 Å². The molecular weight excluding hydrogens is 242 g/mol. The topological polar surface area (TPSA) is 60.2 Å². The number of rotatable bonds is 7. The van der Waals surface area contributed by atoms with E-state index in [-0.39, 0.29) is 0 Å². The van der Waals surface area contributed by atoms with E-state index in [1.165, 1.54) is 12.0 Å². The quantitative estimate of drug-likeness (QED) is 0.776. The molecule has 1 aromatic carbocycles. The number of aromatic nitrogens is 2. The van der Waals surface area contributed by atoms with Gasteiger partial charge in [0, 0.05) is 12.1 Å². The molecule has 0 radical (unpaired) electrons. The van der Waals surface area contributed by atoms with Gasteiger partial charge in [-0.25, -0.2) is 0 Å². The maximum atomic E-state index is 5.74. The van der Waals surface area contributed by atoms with Crippen molar-refractivity contribution in [3.05, 3.63) is 41.5 Å². The van der Waals surface area contributed by atoms with Gasteiger partial charge in [-0.15, -0.1) is 0 Å². The van der Waals surface area contributed by atoms with Crippen molar-refractivity contribution < 1.29 is 9.26 Å². The second-order valence-electron chi connectivity index (χ2n) is 4.42. The Balaban J connectivity index is 2.01. The number of aryl methyl sites for hydroxylation is 1. The summed E-state index contributed by atoms with van der Waals surface area (Å²) in [5.41, 5.74) is 2.37. The molecule has 0 atom stereocenters. The van der Waals surface area contributed by atoms with Crippen molar-refractivity contribution in [3.63, 3.8) is 0 Å². The van der Waals surface area contributed by atoms with Crippen LogP contribution in [-0.2, 0) is 13.2 Å². The number of hydrogen-bond acceptors (Lipinski definition) is 5. The fraction of sp³-hybridized carbons (Fsp3) is 0.429. The molecule has 0 spiro atoms. The van der Waals surface area contributed by atoms with Gasteiger partial charge < -0.3 is 14.6 Å². The van der Waals surface area contributed by atoms with Crippen LogP contribution in [0.3, 0.4) is 0 Å². The fourth-order valence-electron chi connectivity index (χ4n) is 1.79. The van der Waals surface area contributed by atoms with Gasteiger partial charge in [-0.3, -0.25) is 0 Å². The minimum Gasteiger partial charge on any atom is -0.485 e. The maximum Gasteiger partial charge on any atom is 0.213 e. The minimum absolute atomic E-state index is 0.320. The summed E-state index contributed by atoms with van der Waals surface area (Å²) in [6.07, 6.45) is 2.42. The Hall–Kier alpha value is -1.88. The molecule has 5 nitrogen and oxygen atoms in total. The van der Waals surface area contributed by atoms with E-state index in [1.54, 1.807) is 0 Å². The average molecular weight is 261 g/mol. The van der Waals surface area contributed by atoms with Crippen LogP contribution in [0.4, 0.5) is 0 Å². The zero-order valence-corrected chi connectivity index (χ0v) is 11.3. The molecule has 1 heterocycles. The van der Waals surface area contributed by atoms with Crippen LogP contribution < -0.4 is 10.1 Å². The third-order valence-electron chi connectivity index (χ3n) is 2.72. The molecule has 0 bridgehead atoms. The molecule has 1 aromatic heterocycles. The van der Waals surface area contributed by atoms with Gasteiger partial charge in [-0.1, -0.05) is 29.8 Å². The molecule has 0 unspecified atom stereocenters. The highest BCUT2D eigenvalue weighted by molar-refractivity contribution is 5.36. The van der Waals surface area contributed by atoms with Crippen LogP contribution in [0.25, 0.3) is 0 Å². The van der Waals surface area contributed by atoms with Crippen molar-refractivity contribution in [2.45, 2.75) is 33.4 Å². The molecule has 2 aromatic rings. The second-order valence-corrected chi connectivity index (χ2v) is 4.42. The molecule has 0 aliphatic rings. The molecule has 1 N–H and O–H groups in total. The number of ether oxygens (including phenoxy) is 1. The molecule has 19 heavy (non-hydrogen) atoms. The van der Waals surface area contributed by atoms with Crippen molar-refractivity contribution >= 4 is 0 Å². The SMILES string of the molecule is CCCNCc1cc(C)ccc1OCc1ncon1. The van der Waals surface area contributed by atoms with Crippen LogP contribution in [0.2, 0.25) is 0 Å². The van der Waals surface area contributed by atoms with Crippen LogP contribution in [0.15, 0.2) is 29.1 Å². The van der Waals surface area contributed by atoms with E-state index >= 15 is 0 Å². The lowest BCUT2D eigenvalue weighted by Crippen LogP contribution is -2.15. The average Bonchev–Trinajstić information content (AvgIpc) is 2.91. The summed E-state index contributed by atoms with van der Waals surface area (Å²) >= 11 is 0. The van der Waals surface area contributed by atoms with Gasteiger partial charge >= 0.3 is 0 Å². The summed E-state index contributed by atoms with van der Waals surface area (Å²) in [5, 5.41) is 7.11. The molecule has 0 aliphatic carbocycles. The highest BCUT2D eigenvalue weighted by Crippen LogP contribution is 2.20. The van der Waals surface area contributed by atoms with Crippen molar-refractivity contribution in [2.24, 2.45) is 0 Å². The summed E-state index contributed by atoms with van der Waals surface area (Å²) in [7, 11) is 0. The maximum absolute atomic E-state index is 5.74. The number of benzene rings is 1. The Labute approximate surface area is 113 Å². The van der Waals surface area contributed by atoms with E-state index in [0.717, 1.165) is 30.8 Å². The highest BCUT2D eigenvalue weighted by atomic mass is 16.5. The van der Waals surface area contributed by atoms with Gasteiger partial charge in [0.25, 0.3) is 0 Å². The van der Waals surface area contributed by atoms with E-state index in [4.69, 9.17) is 4.74 Å². The Morgan fingerprint density at radius 3 is 3.00 bits per heavy atom. The Morgan fingerprint density at radius 2 is 2.26 bits per heavy atom. The first-order chi connectivity index (χ1) is 9.29. The third kappa shape index (κ3) is 4.06. The highest BCUT2D eigenvalue weighted by Gasteiger charge is 2.06. The smallest absolute Gasteiger partial charge is 0.213 e. The molecule has 0 amide bonds. The van der Waals surface area contributed by atoms with Crippen molar-refractivity contribution in [3.8, 4) is 5.75 Å². The molecule has 5 heteroatoms. The van der Waals surface area contributed by atoms with Gasteiger partial charge in [0.2, 0.25) is 12.2 Å². The van der Waals surface area contributed by atoms with Crippen molar-refractivity contribution in [1.29, 1.82) is 0 Å². The zero-order chi connectivity index (χ0) is 13.5. The van der Waals surface area contributed by atoms with E-state index in [1.807, 2.05) is 12.1 Å². The predicted octanol–water partition coefficient (Wildman–Crippen LogP) is 2.46. The van der Waals surface area contributed by atoms with Gasteiger partial charge in [-0.05, 0) is 26.0 Å². The van der Waals surface area contributed by atoms with Crippen molar-refractivity contribution in [2.75, 3.05) is 6.54 Å². The minimum atomic E-state index is 0.320. The summed E-state index contributed by atoms with van der Waals surface area (Å²) in [4.78, 5) is 3.94. The van der Waals surface area contributed by atoms with Gasteiger partial charge in [-0.2, -0.15) is 4.98 Å². The lowest BCUT2D eigenvalue weighted by atomic mass is 10.1. The fourth-order valence-corrected chi connectivity index (χ4v) is 1.79. The molecule has 2 rings (SSSR count). The van der Waals surface area contributed by atoms with Crippen LogP contribution in [-0.4, -0.2) is 16.7 Å². The summed E-state index contributed by atoms with van der Waals surface area (Å²) in [6.45, 7) is 6.35. The Morgan fingerprint density at radius 1 is 1.37 bits per heavy atom. The summed E-state index contributed by atoms with van der Waals surface area (Å²) < 4.78 is 10.4. The summed E-state index contributed by atoms with van der Waals surface area (Å²) in [6, 6.07) is 6.15. The Kier molecular flexibility index (Phi) is 4.92. The standard InChI is InChI=1S/C14H19N3O2/c1-3-6-15-8-12-7-11(2)4-5-13(12)18-9-14-16-10-19-17-14/h4-5,7,10,15H,3,6,8-9H2,1-2H3. The molecule has 0 saturated heterocycles. The van der Waals surface area contributed by atoms with Gasteiger partial charge in [0.1, 0.15) is 5.75 Å². The second kappa shape index (κ2) is 6.89. The first-order valence-electron chi connectivity index (χ1n) is 6.48. The van der Waals surface area contributed by atoms with E-state index in [2.05, 4.69) is 39.9 Å². The zero-order valence-electron chi connectivity index (χ0n) is 11.3. The lowest BCUT2D eigenvalue weighted by Gasteiger charge is -2.12. The van der Waals surface area contributed by atoms with Gasteiger partial charge in [0.05, 0.1) is 0 Å². The molecule has 102 valence electrons. The summed E-state index contributed by atoms with van der Waals surface area (Å²) in [5.74, 6) is 1.41. The third-order valence-corrected chi connectivity index (χ3v) is 2.72. The largest absolute Gasteiger partial charge is 0.485 e. The van der Waals surface area contributed by atoms with Crippen LogP contribution in [0.1, 0.15) is 30.3 Å². The van der Waals surface area contributed by atoms with Crippen LogP contribution in [0, 0.1) is 6.92 Å². The first-order valence-corrected chi connectivity index (χ1v) is 6.48. The molecular formula is C14H19N3O2. The molecule has 0 saturated carbocycles. The molecule has 0 aliphatic heterocycles. The monoisotopic (exact) mass is 261 g/mol. The van der Waals surface area contributed by atoms with E-state index < -0.39 is 0 Å². The lowest BCUT2D eigenvalue weighted by molar-refractivity contribution is 0.283. The number of nitrogens with zero attached hydrogens (tertiary/aromatic N) is 2. The Bertz CT molecular complexity index is 497. The molecule has 0 fully saturated rings. The first kappa shape index (κ1) is 13.5. The predicted molar refractivity (Wildman–Crippen MR) is 71.8 cm³/mol. The number of hydrogen-bond donors (Lipinski definition) is 1. The van der Waals surface area contributed by atoms with Gasteiger partial charge in [0.15, 0.2) is 6.61 Å². The van der Waals surface area contributed by atoms with Crippen LogP contribution in [0.5, 0.6) is 5.75 Å². The van der Waals surface area contributed by atoms with Crippen LogP contribution >= 0.6 is 0 Å².